The quantitative estimate of drug-likeness (QED) is 0.412. The number of ether oxygens (including phenoxy) is 1. The monoisotopic (exact) mass is 297 g/mol. The van der Waals surface area contributed by atoms with E-state index < -0.39 is 0 Å². The number of hydrazine groups is 1. The second-order valence-corrected chi connectivity index (χ2v) is 4.93. The SMILES string of the molecule is COc1ccc(C(=O)NNC(=S)NCC[NH+](C)C)cc1. The second kappa shape index (κ2) is 8.34. The summed E-state index contributed by atoms with van der Waals surface area (Å²) in [5.41, 5.74) is 5.72. The molecule has 1 aromatic rings. The van der Waals surface area contributed by atoms with E-state index in [4.69, 9.17) is 17.0 Å². The highest BCUT2D eigenvalue weighted by molar-refractivity contribution is 7.80. The lowest BCUT2D eigenvalue weighted by Crippen LogP contribution is -3.06. The second-order valence-electron chi connectivity index (χ2n) is 4.52. The van der Waals surface area contributed by atoms with Crippen LogP contribution >= 0.6 is 12.2 Å². The molecule has 0 unspecified atom stereocenters. The van der Waals surface area contributed by atoms with Crippen molar-refractivity contribution in [1.82, 2.24) is 16.2 Å². The third kappa shape index (κ3) is 5.85. The van der Waals surface area contributed by atoms with Gasteiger partial charge in [-0.3, -0.25) is 15.6 Å². The van der Waals surface area contributed by atoms with Crippen molar-refractivity contribution in [2.24, 2.45) is 0 Å². The first-order valence-corrected chi connectivity index (χ1v) is 6.71. The molecule has 0 radical (unpaired) electrons. The van der Waals surface area contributed by atoms with E-state index in [2.05, 4.69) is 30.3 Å². The molecule has 6 nitrogen and oxygen atoms in total. The van der Waals surface area contributed by atoms with Crippen molar-refractivity contribution >= 4 is 23.2 Å². The number of likely N-dealkylation sites (N-methyl/N-ethyl adjacent to an activating group) is 1. The molecule has 0 aromatic heterocycles. The predicted molar refractivity (Wildman–Crippen MR) is 81.9 cm³/mol. The number of carbonyl (C=O) groups excluding carboxylic acids is 1. The molecule has 0 heterocycles. The van der Waals surface area contributed by atoms with E-state index in [1.807, 2.05) is 0 Å². The molecule has 0 bridgehead atoms. The van der Waals surface area contributed by atoms with Gasteiger partial charge in [0, 0.05) is 5.56 Å². The number of amides is 1. The molecule has 0 atom stereocenters. The number of carbonyl (C=O) groups is 1. The van der Waals surface area contributed by atoms with Crippen molar-refractivity contribution in [1.29, 1.82) is 0 Å². The van der Waals surface area contributed by atoms with Crippen LogP contribution in [0.3, 0.4) is 0 Å². The first-order valence-electron chi connectivity index (χ1n) is 6.30. The van der Waals surface area contributed by atoms with Crippen molar-refractivity contribution in [3.8, 4) is 5.75 Å². The van der Waals surface area contributed by atoms with Crippen LogP contribution in [-0.2, 0) is 0 Å². The van der Waals surface area contributed by atoms with Crippen molar-refractivity contribution in [3.05, 3.63) is 29.8 Å². The Balaban J connectivity index is 2.33. The van der Waals surface area contributed by atoms with Gasteiger partial charge in [-0.15, -0.1) is 0 Å². The molecule has 0 saturated heterocycles. The van der Waals surface area contributed by atoms with E-state index in [1.54, 1.807) is 31.4 Å². The van der Waals surface area contributed by atoms with Crippen LogP contribution in [0.5, 0.6) is 5.75 Å². The number of nitrogens with one attached hydrogen (secondary N) is 4. The summed E-state index contributed by atoms with van der Waals surface area (Å²) >= 11 is 5.05. The van der Waals surface area contributed by atoms with Crippen molar-refractivity contribution < 1.29 is 14.4 Å². The van der Waals surface area contributed by atoms with E-state index in [0.717, 1.165) is 13.1 Å². The maximum atomic E-state index is 11.8. The number of quaternary nitrogens is 1. The van der Waals surface area contributed by atoms with Crippen molar-refractivity contribution in [3.63, 3.8) is 0 Å². The smallest absolute Gasteiger partial charge is 0.269 e. The van der Waals surface area contributed by atoms with Crippen LogP contribution in [0.25, 0.3) is 0 Å². The summed E-state index contributed by atoms with van der Waals surface area (Å²) < 4.78 is 5.03. The highest BCUT2D eigenvalue weighted by Gasteiger charge is 2.05. The van der Waals surface area contributed by atoms with E-state index in [0.29, 0.717) is 16.4 Å². The fraction of sp³-hybridized carbons (Fsp3) is 0.385. The molecular weight excluding hydrogens is 276 g/mol. The van der Waals surface area contributed by atoms with Gasteiger partial charge in [-0.2, -0.15) is 0 Å². The number of benzene rings is 1. The van der Waals surface area contributed by atoms with E-state index in [9.17, 15) is 4.79 Å². The first kappa shape index (κ1) is 16.2. The summed E-state index contributed by atoms with van der Waals surface area (Å²) in [7, 11) is 5.70. The van der Waals surface area contributed by atoms with E-state index in [1.165, 1.54) is 4.90 Å². The number of thiocarbonyl (C=S) groups is 1. The molecule has 0 saturated carbocycles. The third-order valence-corrected chi connectivity index (χ3v) is 2.80. The lowest BCUT2D eigenvalue weighted by Gasteiger charge is -2.12. The lowest BCUT2D eigenvalue weighted by atomic mass is 10.2. The largest absolute Gasteiger partial charge is 0.497 e. The molecule has 0 aliphatic carbocycles. The molecule has 0 aliphatic heterocycles. The molecule has 0 aliphatic rings. The van der Waals surface area contributed by atoms with Gasteiger partial charge in [0.05, 0.1) is 34.3 Å². The average Bonchev–Trinajstić information content (AvgIpc) is 2.44. The number of hydrogen-bond donors (Lipinski definition) is 4. The molecule has 110 valence electrons. The normalized spacial score (nSPS) is 10.0. The van der Waals surface area contributed by atoms with Crippen LogP contribution < -0.4 is 25.8 Å². The van der Waals surface area contributed by atoms with Gasteiger partial charge >= 0.3 is 0 Å². The first-order chi connectivity index (χ1) is 9.52. The maximum Gasteiger partial charge on any atom is 0.269 e. The van der Waals surface area contributed by atoms with E-state index >= 15 is 0 Å². The molecule has 4 N–H and O–H groups in total. The average molecular weight is 297 g/mol. The minimum atomic E-state index is -0.255. The van der Waals surface area contributed by atoms with Gasteiger partial charge in [-0.25, -0.2) is 0 Å². The summed E-state index contributed by atoms with van der Waals surface area (Å²) in [6.07, 6.45) is 0. The van der Waals surface area contributed by atoms with Crippen LogP contribution in [-0.4, -0.2) is 45.3 Å². The van der Waals surface area contributed by atoms with Crippen molar-refractivity contribution in [2.45, 2.75) is 0 Å². The van der Waals surface area contributed by atoms with Crippen LogP contribution in [0.1, 0.15) is 10.4 Å². The molecule has 1 amide bonds. The Morgan fingerprint density at radius 1 is 1.25 bits per heavy atom. The zero-order valence-corrected chi connectivity index (χ0v) is 12.8. The van der Waals surface area contributed by atoms with Crippen LogP contribution in [0.2, 0.25) is 0 Å². The standard InChI is InChI=1S/C13H20N4O2S/c1-17(2)9-8-14-13(20)16-15-12(18)10-4-6-11(19-3)7-5-10/h4-7H,8-9H2,1-3H3,(H,15,18)(H2,14,16,20)/p+1. The minimum absolute atomic E-state index is 0.255. The Kier molecular flexibility index (Phi) is 6.75. The Bertz CT molecular complexity index is 448. The summed E-state index contributed by atoms with van der Waals surface area (Å²) in [6.45, 7) is 1.68. The van der Waals surface area contributed by atoms with Crippen molar-refractivity contribution in [2.75, 3.05) is 34.3 Å². The van der Waals surface area contributed by atoms with Gasteiger partial charge in [0.1, 0.15) is 5.75 Å². The van der Waals surface area contributed by atoms with Gasteiger partial charge in [-0.1, -0.05) is 0 Å². The minimum Gasteiger partial charge on any atom is -0.497 e. The predicted octanol–water partition coefficient (Wildman–Crippen LogP) is -1.05. The molecule has 7 heteroatoms. The molecular formula is C13H21N4O2S+. The summed E-state index contributed by atoms with van der Waals surface area (Å²) in [5.74, 6) is 0.452. The van der Waals surface area contributed by atoms with Gasteiger partial charge < -0.3 is 15.0 Å². The number of hydrogen-bond acceptors (Lipinski definition) is 3. The molecule has 0 spiro atoms. The number of methoxy groups -OCH3 is 1. The van der Waals surface area contributed by atoms with E-state index in [-0.39, 0.29) is 5.91 Å². The summed E-state index contributed by atoms with van der Waals surface area (Å²) in [4.78, 5) is 13.1. The van der Waals surface area contributed by atoms with Gasteiger partial charge in [0.2, 0.25) is 0 Å². The maximum absolute atomic E-state index is 11.8. The van der Waals surface area contributed by atoms with Gasteiger partial charge in [0.15, 0.2) is 5.11 Å². The summed E-state index contributed by atoms with van der Waals surface area (Å²) in [6, 6.07) is 6.82. The highest BCUT2D eigenvalue weighted by Crippen LogP contribution is 2.10. The summed E-state index contributed by atoms with van der Waals surface area (Å²) in [5, 5.41) is 3.40. The molecule has 1 rings (SSSR count). The topological polar surface area (TPSA) is 66.8 Å². The highest BCUT2D eigenvalue weighted by atomic mass is 32.1. The zero-order valence-electron chi connectivity index (χ0n) is 11.9. The Hall–Kier alpha value is -1.86. The van der Waals surface area contributed by atoms with Crippen LogP contribution in [0.4, 0.5) is 0 Å². The number of rotatable bonds is 5. The molecule has 20 heavy (non-hydrogen) atoms. The lowest BCUT2D eigenvalue weighted by molar-refractivity contribution is -0.856. The van der Waals surface area contributed by atoms with Crippen LogP contribution in [0.15, 0.2) is 24.3 Å². The Morgan fingerprint density at radius 2 is 1.90 bits per heavy atom. The van der Waals surface area contributed by atoms with Gasteiger partial charge in [0.25, 0.3) is 5.91 Å². The fourth-order valence-electron chi connectivity index (χ4n) is 1.40. The third-order valence-electron chi connectivity index (χ3n) is 2.55. The Morgan fingerprint density at radius 3 is 2.45 bits per heavy atom. The van der Waals surface area contributed by atoms with Gasteiger partial charge in [-0.05, 0) is 36.5 Å². The Labute approximate surface area is 124 Å². The molecule has 0 fully saturated rings. The van der Waals surface area contributed by atoms with Crippen LogP contribution in [0, 0.1) is 0 Å². The fourth-order valence-corrected chi connectivity index (χ4v) is 1.55. The zero-order chi connectivity index (χ0) is 15.0. The molecule has 1 aromatic carbocycles.